The summed E-state index contributed by atoms with van der Waals surface area (Å²) >= 11 is 0. The zero-order valence-corrected chi connectivity index (χ0v) is 14.6. The number of carbonyl (C=O) groups excluding carboxylic acids is 3. The quantitative estimate of drug-likeness (QED) is 0.574. The minimum absolute atomic E-state index is 0.0223. The summed E-state index contributed by atoms with van der Waals surface area (Å²) in [4.78, 5) is 48.7. The highest BCUT2D eigenvalue weighted by molar-refractivity contribution is 5.98. The number of hydrogen-bond donors (Lipinski definition) is 4. The second kappa shape index (κ2) is 7.79. The molecule has 150 valence electrons. The molecule has 1 aromatic rings. The lowest BCUT2D eigenvalue weighted by atomic mass is 10.0. The fraction of sp³-hybridized carbons (Fsp3) is 0.412. The van der Waals surface area contributed by atoms with Crippen molar-refractivity contribution < 1.29 is 33.1 Å². The number of carboxylic acids is 1. The molecule has 2 fully saturated rings. The van der Waals surface area contributed by atoms with Crippen molar-refractivity contribution in [3.8, 4) is 0 Å². The summed E-state index contributed by atoms with van der Waals surface area (Å²) in [6.07, 6.45) is -0.114. The van der Waals surface area contributed by atoms with Crippen molar-refractivity contribution in [3.05, 3.63) is 29.8 Å². The lowest BCUT2D eigenvalue weighted by molar-refractivity contribution is -0.148. The monoisotopic (exact) mass is 396 g/mol. The second-order valence-electron chi connectivity index (χ2n) is 6.66. The summed E-state index contributed by atoms with van der Waals surface area (Å²) in [6.45, 7) is 0.0693. The van der Waals surface area contributed by atoms with E-state index in [4.69, 9.17) is 5.11 Å². The summed E-state index contributed by atoms with van der Waals surface area (Å²) in [6, 6.07) is -0.290. The molecule has 0 aliphatic carbocycles. The molecule has 3 atom stereocenters. The van der Waals surface area contributed by atoms with Gasteiger partial charge in [-0.25, -0.2) is 13.6 Å². The summed E-state index contributed by atoms with van der Waals surface area (Å²) in [5.74, 6) is -3.60. The lowest BCUT2D eigenvalue weighted by Gasteiger charge is -2.34. The van der Waals surface area contributed by atoms with Crippen LogP contribution >= 0.6 is 0 Å². The maximum Gasteiger partial charge on any atom is 0.319 e. The Labute approximate surface area is 158 Å². The number of urea groups is 1. The Bertz CT molecular complexity index is 834. The van der Waals surface area contributed by atoms with Gasteiger partial charge in [0, 0.05) is 19.0 Å². The van der Waals surface area contributed by atoms with Gasteiger partial charge in [0.15, 0.2) is 0 Å². The number of carbonyl (C=O) groups is 4. The molecule has 28 heavy (non-hydrogen) atoms. The number of carboxylic acid groups (broad SMARTS) is 1. The smallest absolute Gasteiger partial charge is 0.319 e. The van der Waals surface area contributed by atoms with Crippen molar-refractivity contribution >= 4 is 29.5 Å². The van der Waals surface area contributed by atoms with Crippen LogP contribution in [0.15, 0.2) is 18.2 Å². The second-order valence-corrected chi connectivity index (χ2v) is 6.66. The fourth-order valence-electron chi connectivity index (χ4n) is 3.36. The van der Waals surface area contributed by atoms with Crippen LogP contribution in [0.2, 0.25) is 0 Å². The van der Waals surface area contributed by atoms with Crippen LogP contribution in [0, 0.1) is 11.6 Å². The summed E-state index contributed by atoms with van der Waals surface area (Å²) in [7, 11) is 0. The lowest BCUT2D eigenvalue weighted by Crippen LogP contribution is -2.61. The van der Waals surface area contributed by atoms with Crippen molar-refractivity contribution in [2.45, 2.75) is 37.4 Å². The Kier molecular flexibility index (Phi) is 5.43. The van der Waals surface area contributed by atoms with Crippen LogP contribution < -0.4 is 16.0 Å². The van der Waals surface area contributed by atoms with Gasteiger partial charge >= 0.3 is 12.0 Å². The Morgan fingerprint density at radius 2 is 2.04 bits per heavy atom. The van der Waals surface area contributed by atoms with E-state index in [0.717, 1.165) is 12.1 Å². The summed E-state index contributed by atoms with van der Waals surface area (Å²) in [5.41, 5.74) is -0.211. The standard InChI is InChI=1S/C17H18F2N4O5/c18-8-1-2-11(10(19)5-8)22-17(28)20-9-6-13-15(26)21-12(3-4-14(24)25)16(27)23(13)7-9/h1-2,5,9,12-13H,3-4,6-7H2,(H,21,26)(H,24,25)(H2,20,22,28). The number of halogens is 2. The molecule has 4 N–H and O–H groups in total. The third kappa shape index (κ3) is 4.18. The van der Waals surface area contributed by atoms with E-state index in [1.54, 1.807) is 0 Å². The number of piperazine rings is 1. The zero-order valence-electron chi connectivity index (χ0n) is 14.6. The molecule has 9 nitrogen and oxygen atoms in total. The molecule has 0 radical (unpaired) electrons. The Balaban J connectivity index is 1.59. The van der Waals surface area contributed by atoms with Crippen LogP contribution in [0.3, 0.4) is 0 Å². The first-order valence-corrected chi connectivity index (χ1v) is 8.60. The highest BCUT2D eigenvalue weighted by atomic mass is 19.1. The highest BCUT2D eigenvalue weighted by Gasteiger charge is 2.46. The number of nitrogens with zero attached hydrogens (tertiary/aromatic N) is 1. The molecule has 1 aromatic carbocycles. The van der Waals surface area contributed by atoms with Gasteiger partial charge < -0.3 is 26.0 Å². The molecule has 3 unspecified atom stereocenters. The molecule has 0 aromatic heterocycles. The van der Waals surface area contributed by atoms with E-state index in [0.29, 0.717) is 6.07 Å². The van der Waals surface area contributed by atoms with Crippen LogP contribution in [0.4, 0.5) is 19.3 Å². The van der Waals surface area contributed by atoms with Crippen LogP contribution in [-0.4, -0.2) is 58.5 Å². The molecule has 2 heterocycles. The molecule has 0 saturated carbocycles. The fourth-order valence-corrected chi connectivity index (χ4v) is 3.36. The van der Waals surface area contributed by atoms with Gasteiger partial charge in [0.2, 0.25) is 11.8 Å². The van der Waals surface area contributed by atoms with E-state index >= 15 is 0 Å². The zero-order chi connectivity index (χ0) is 20.4. The van der Waals surface area contributed by atoms with Gasteiger partial charge in [-0.15, -0.1) is 0 Å². The third-order valence-electron chi connectivity index (χ3n) is 4.66. The first-order valence-electron chi connectivity index (χ1n) is 8.60. The summed E-state index contributed by atoms with van der Waals surface area (Å²) < 4.78 is 26.5. The third-order valence-corrected chi connectivity index (χ3v) is 4.66. The predicted molar refractivity (Wildman–Crippen MR) is 91.2 cm³/mol. The number of fused-ring (bicyclic) bond motifs is 1. The Hall–Kier alpha value is -3.24. The molecule has 4 amide bonds. The van der Waals surface area contributed by atoms with E-state index in [9.17, 15) is 28.0 Å². The van der Waals surface area contributed by atoms with Crippen LogP contribution in [0.5, 0.6) is 0 Å². The van der Waals surface area contributed by atoms with Gasteiger partial charge in [-0.2, -0.15) is 0 Å². The van der Waals surface area contributed by atoms with Crippen LogP contribution in [0.25, 0.3) is 0 Å². The number of anilines is 1. The van der Waals surface area contributed by atoms with Gasteiger partial charge in [0.05, 0.1) is 11.7 Å². The molecule has 2 aliphatic rings. The van der Waals surface area contributed by atoms with Gasteiger partial charge in [-0.1, -0.05) is 0 Å². The van der Waals surface area contributed by atoms with E-state index in [2.05, 4.69) is 16.0 Å². The maximum absolute atomic E-state index is 13.6. The molecular formula is C17H18F2N4O5. The van der Waals surface area contributed by atoms with Crippen molar-refractivity contribution in [2.24, 2.45) is 0 Å². The molecule has 3 rings (SSSR count). The predicted octanol–water partition coefficient (Wildman–Crippen LogP) is 0.419. The largest absolute Gasteiger partial charge is 0.481 e. The number of aliphatic carboxylic acids is 1. The minimum Gasteiger partial charge on any atom is -0.481 e. The molecule has 2 saturated heterocycles. The number of benzene rings is 1. The highest BCUT2D eigenvalue weighted by Crippen LogP contribution is 2.24. The molecule has 0 bridgehead atoms. The topological polar surface area (TPSA) is 128 Å². The number of hydrogen-bond acceptors (Lipinski definition) is 4. The van der Waals surface area contributed by atoms with Gasteiger partial charge in [-0.3, -0.25) is 14.4 Å². The molecule has 11 heteroatoms. The van der Waals surface area contributed by atoms with E-state index < -0.39 is 53.6 Å². The van der Waals surface area contributed by atoms with Crippen molar-refractivity contribution in [1.29, 1.82) is 0 Å². The normalized spacial score (nSPS) is 23.8. The average molecular weight is 396 g/mol. The molecule has 0 spiro atoms. The minimum atomic E-state index is -1.07. The summed E-state index contributed by atoms with van der Waals surface area (Å²) in [5, 5.41) is 16.1. The van der Waals surface area contributed by atoms with Crippen molar-refractivity contribution in [2.75, 3.05) is 11.9 Å². The Morgan fingerprint density at radius 3 is 2.71 bits per heavy atom. The number of amides is 4. The molecular weight excluding hydrogens is 378 g/mol. The Morgan fingerprint density at radius 1 is 1.29 bits per heavy atom. The molecule has 2 aliphatic heterocycles. The number of nitrogens with one attached hydrogen (secondary N) is 3. The van der Waals surface area contributed by atoms with Gasteiger partial charge in [-0.05, 0) is 25.0 Å². The van der Waals surface area contributed by atoms with Crippen LogP contribution in [-0.2, 0) is 14.4 Å². The van der Waals surface area contributed by atoms with Crippen molar-refractivity contribution in [3.63, 3.8) is 0 Å². The maximum atomic E-state index is 13.6. The van der Waals surface area contributed by atoms with E-state index in [1.807, 2.05) is 0 Å². The first kappa shape index (κ1) is 19.5. The average Bonchev–Trinajstić information content (AvgIpc) is 3.03. The van der Waals surface area contributed by atoms with Gasteiger partial charge in [0.25, 0.3) is 0 Å². The SMILES string of the molecule is O=C(O)CCC1NC(=O)C2CC(NC(=O)Nc3ccc(F)cc3F)CN2C1=O. The van der Waals surface area contributed by atoms with Crippen LogP contribution in [0.1, 0.15) is 19.3 Å². The van der Waals surface area contributed by atoms with Crippen molar-refractivity contribution in [1.82, 2.24) is 15.5 Å². The number of rotatable bonds is 5. The first-order chi connectivity index (χ1) is 13.2. The van der Waals surface area contributed by atoms with Gasteiger partial charge in [0.1, 0.15) is 23.7 Å². The van der Waals surface area contributed by atoms with E-state index in [1.165, 1.54) is 4.90 Å². The van der Waals surface area contributed by atoms with E-state index in [-0.39, 0.29) is 31.5 Å².